The third-order valence-corrected chi connectivity index (χ3v) is 10.4. The zero-order valence-electron chi connectivity index (χ0n) is 29.9. The highest BCUT2D eigenvalue weighted by Crippen LogP contribution is 2.33. The maximum absolute atomic E-state index is 5.13. The molecular weight excluding hydrogens is 687 g/mol. The number of hydrogen-bond acceptors (Lipinski definition) is 7. The van der Waals surface area contributed by atoms with E-state index in [2.05, 4.69) is 137 Å². The lowest BCUT2D eigenvalue weighted by atomic mass is 10.0. The highest BCUT2D eigenvalue weighted by atomic mass is 15.0. The zero-order valence-corrected chi connectivity index (χ0v) is 29.9. The third kappa shape index (κ3) is 5.58. The van der Waals surface area contributed by atoms with Crippen LogP contribution in [0.15, 0.2) is 176 Å². The van der Waals surface area contributed by atoms with Crippen LogP contribution in [0.3, 0.4) is 0 Å². The van der Waals surface area contributed by atoms with Gasteiger partial charge in [-0.15, -0.1) is 0 Å². The van der Waals surface area contributed by atoms with E-state index in [1.54, 1.807) is 0 Å². The maximum Gasteiger partial charge on any atom is 0.164 e. The molecule has 0 aliphatic carbocycles. The standard InChI is InChI=1S/C49H29N7/c1-2-8-33-23-40(20-15-30(33)7-1)49-55-47(38-11-3-9-34(24-38)41-26-36-18-16-31-13-5-21-50-43(31)45(36)52-28-41)54-48(56-49)39-12-4-10-35(25-39)42-27-37-19-17-32-14-6-22-51-44(32)46(37)53-29-42/h1-29H. The van der Waals surface area contributed by atoms with E-state index < -0.39 is 0 Å². The molecule has 0 saturated heterocycles. The molecule has 0 bridgehead atoms. The second-order valence-corrected chi connectivity index (χ2v) is 13.9. The van der Waals surface area contributed by atoms with Crippen molar-refractivity contribution in [2.45, 2.75) is 0 Å². The van der Waals surface area contributed by atoms with Crippen LogP contribution in [0.25, 0.3) is 111 Å². The molecule has 11 rings (SSSR count). The van der Waals surface area contributed by atoms with E-state index >= 15 is 0 Å². The topological polar surface area (TPSA) is 90.2 Å². The normalized spacial score (nSPS) is 11.6. The number of fused-ring (bicyclic) bond motifs is 7. The first-order valence-corrected chi connectivity index (χ1v) is 18.4. The number of hydrogen-bond donors (Lipinski definition) is 0. The Bertz CT molecular complexity index is 3160. The van der Waals surface area contributed by atoms with Crippen molar-refractivity contribution in [1.29, 1.82) is 0 Å². The number of benzene rings is 6. The molecule has 0 unspecified atom stereocenters. The molecule has 0 amide bonds. The van der Waals surface area contributed by atoms with Gasteiger partial charge in [0.05, 0.1) is 22.1 Å². The van der Waals surface area contributed by atoms with Crippen LogP contribution in [0.2, 0.25) is 0 Å². The van der Waals surface area contributed by atoms with E-state index in [9.17, 15) is 0 Å². The number of pyridine rings is 4. The minimum absolute atomic E-state index is 0.584. The minimum atomic E-state index is 0.584. The molecule has 7 nitrogen and oxygen atoms in total. The molecule has 0 atom stereocenters. The maximum atomic E-state index is 5.13. The van der Waals surface area contributed by atoms with E-state index in [0.717, 1.165) is 93.3 Å². The lowest BCUT2D eigenvalue weighted by Crippen LogP contribution is -2.00. The molecule has 0 fully saturated rings. The van der Waals surface area contributed by atoms with Crippen LogP contribution >= 0.6 is 0 Å². The molecule has 0 N–H and O–H groups in total. The van der Waals surface area contributed by atoms with Crippen molar-refractivity contribution in [2.75, 3.05) is 0 Å². The summed E-state index contributed by atoms with van der Waals surface area (Å²) < 4.78 is 0. The van der Waals surface area contributed by atoms with Crippen LogP contribution in [0.4, 0.5) is 0 Å². The van der Waals surface area contributed by atoms with Gasteiger partial charge in [-0.25, -0.2) is 15.0 Å². The Morgan fingerprint density at radius 1 is 0.250 bits per heavy atom. The summed E-state index contributed by atoms with van der Waals surface area (Å²) in [4.78, 5) is 34.3. The Hall–Kier alpha value is -7.77. The predicted molar refractivity (Wildman–Crippen MR) is 226 cm³/mol. The summed E-state index contributed by atoms with van der Waals surface area (Å²) in [5, 5.41) is 6.49. The summed E-state index contributed by atoms with van der Waals surface area (Å²) in [6.07, 6.45) is 7.46. The van der Waals surface area contributed by atoms with Gasteiger partial charge >= 0.3 is 0 Å². The summed E-state index contributed by atoms with van der Waals surface area (Å²) >= 11 is 0. The average molecular weight is 716 g/mol. The molecule has 0 saturated carbocycles. The lowest BCUT2D eigenvalue weighted by Gasteiger charge is -2.11. The van der Waals surface area contributed by atoms with E-state index in [0.29, 0.717) is 17.5 Å². The van der Waals surface area contributed by atoms with Crippen molar-refractivity contribution >= 4 is 54.4 Å². The molecule has 6 aromatic carbocycles. The van der Waals surface area contributed by atoms with Crippen LogP contribution in [-0.4, -0.2) is 34.9 Å². The van der Waals surface area contributed by atoms with Gasteiger partial charge in [0.1, 0.15) is 0 Å². The fraction of sp³-hybridized carbons (Fsp3) is 0. The fourth-order valence-electron chi connectivity index (χ4n) is 7.56. The first-order valence-electron chi connectivity index (χ1n) is 18.4. The van der Waals surface area contributed by atoms with Crippen molar-refractivity contribution < 1.29 is 0 Å². The van der Waals surface area contributed by atoms with Gasteiger partial charge in [0, 0.05) is 74.1 Å². The molecule has 5 aromatic heterocycles. The first-order chi connectivity index (χ1) is 27.7. The van der Waals surface area contributed by atoms with Gasteiger partial charge in [-0.1, -0.05) is 109 Å². The van der Waals surface area contributed by atoms with Crippen molar-refractivity contribution in [1.82, 2.24) is 34.9 Å². The minimum Gasteiger partial charge on any atom is -0.254 e. The van der Waals surface area contributed by atoms with Crippen LogP contribution in [0.5, 0.6) is 0 Å². The Morgan fingerprint density at radius 2 is 0.661 bits per heavy atom. The molecule has 0 radical (unpaired) electrons. The largest absolute Gasteiger partial charge is 0.254 e. The van der Waals surface area contributed by atoms with E-state index in [-0.39, 0.29) is 0 Å². The summed E-state index contributed by atoms with van der Waals surface area (Å²) in [6, 6.07) is 52.1. The van der Waals surface area contributed by atoms with E-state index in [1.807, 2.05) is 49.1 Å². The van der Waals surface area contributed by atoms with Gasteiger partial charge in [-0.3, -0.25) is 19.9 Å². The average Bonchev–Trinajstić information content (AvgIpc) is 3.28. The first kappa shape index (κ1) is 31.7. The van der Waals surface area contributed by atoms with Gasteiger partial charge in [0.15, 0.2) is 17.5 Å². The van der Waals surface area contributed by atoms with Gasteiger partial charge < -0.3 is 0 Å². The molecule has 0 spiro atoms. The van der Waals surface area contributed by atoms with Crippen molar-refractivity contribution in [3.8, 4) is 56.4 Å². The predicted octanol–water partition coefficient (Wildman–Crippen LogP) is 11.6. The number of aromatic nitrogens is 7. The summed E-state index contributed by atoms with van der Waals surface area (Å²) in [5.74, 6) is 1.77. The lowest BCUT2D eigenvalue weighted by molar-refractivity contribution is 1.07. The quantitative estimate of drug-likeness (QED) is 0.164. The Labute approximate surface area is 321 Å². The van der Waals surface area contributed by atoms with Crippen LogP contribution in [0, 0.1) is 0 Å². The molecule has 0 aliphatic rings. The zero-order chi connectivity index (χ0) is 37.0. The van der Waals surface area contributed by atoms with Crippen molar-refractivity contribution in [2.24, 2.45) is 0 Å². The molecule has 0 aliphatic heterocycles. The molecule has 7 heteroatoms. The smallest absolute Gasteiger partial charge is 0.164 e. The molecule has 56 heavy (non-hydrogen) atoms. The third-order valence-electron chi connectivity index (χ3n) is 10.4. The van der Waals surface area contributed by atoms with Gasteiger partial charge in [0.25, 0.3) is 0 Å². The second kappa shape index (κ2) is 13.0. The monoisotopic (exact) mass is 715 g/mol. The number of rotatable bonds is 5. The molecular formula is C49H29N7. The number of nitrogens with zero attached hydrogens (tertiary/aromatic N) is 7. The second-order valence-electron chi connectivity index (χ2n) is 13.9. The van der Waals surface area contributed by atoms with Crippen LogP contribution < -0.4 is 0 Å². The van der Waals surface area contributed by atoms with E-state index in [4.69, 9.17) is 24.9 Å². The molecule has 260 valence electrons. The summed E-state index contributed by atoms with van der Waals surface area (Å²) in [7, 11) is 0. The van der Waals surface area contributed by atoms with Crippen molar-refractivity contribution in [3.05, 3.63) is 176 Å². The van der Waals surface area contributed by atoms with E-state index in [1.165, 1.54) is 0 Å². The fourth-order valence-corrected chi connectivity index (χ4v) is 7.56. The summed E-state index contributed by atoms with van der Waals surface area (Å²) in [6.45, 7) is 0. The van der Waals surface area contributed by atoms with Crippen LogP contribution in [0.1, 0.15) is 0 Å². The van der Waals surface area contributed by atoms with Gasteiger partial charge in [0.2, 0.25) is 0 Å². The Balaban J connectivity index is 1.03. The van der Waals surface area contributed by atoms with Crippen molar-refractivity contribution in [3.63, 3.8) is 0 Å². The van der Waals surface area contributed by atoms with Crippen LogP contribution in [-0.2, 0) is 0 Å². The summed E-state index contributed by atoms with van der Waals surface area (Å²) in [5.41, 5.74) is 10.3. The Morgan fingerprint density at radius 3 is 1.21 bits per heavy atom. The SMILES string of the molecule is c1cc(-c2cnc3c(ccc4cccnc43)c2)cc(-c2nc(-c3cccc(-c4cnc5c(ccc6cccnc65)c4)c3)nc(-c3ccc4ccccc4c3)n2)c1. The highest BCUT2D eigenvalue weighted by molar-refractivity contribution is 6.04. The van der Waals surface area contributed by atoms with Gasteiger partial charge in [-0.2, -0.15) is 0 Å². The Kier molecular flexibility index (Phi) is 7.35. The highest BCUT2D eigenvalue weighted by Gasteiger charge is 2.15. The molecule has 5 heterocycles. The van der Waals surface area contributed by atoms with Gasteiger partial charge in [-0.05, 0) is 64.4 Å². The molecule has 11 aromatic rings.